The SMILES string of the molecule is CC(=O)c1sc(Nc2cccc(Cl)c2Cl)nc1C. The molecule has 94 valence electrons. The number of nitrogens with one attached hydrogen (secondary N) is 1. The maximum Gasteiger partial charge on any atom is 0.188 e. The molecule has 0 radical (unpaired) electrons. The van der Waals surface area contributed by atoms with Gasteiger partial charge in [-0.1, -0.05) is 40.6 Å². The third kappa shape index (κ3) is 2.66. The van der Waals surface area contributed by atoms with Gasteiger partial charge in [-0.25, -0.2) is 4.98 Å². The normalized spacial score (nSPS) is 10.4. The molecule has 0 aliphatic heterocycles. The van der Waals surface area contributed by atoms with Gasteiger partial charge in [0.25, 0.3) is 0 Å². The second-order valence-electron chi connectivity index (χ2n) is 3.72. The molecular weight excluding hydrogens is 291 g/mol. The zero-order valence-corrected chi connectivity index (χ0v) is 12.1. The average molecular weight is 301 g/mol. The zero-order valence-electron chi connectivity index (χ0n) is 9.75. The van der Waals surface area contributed by atoms with Crippen LogP contribution in [-0.4, -0.2) is 10.8 Å². The largest absolute Gasteiger partial charge is 0.330 e. The van der Waals surface area contributed by atoms with E-state index in [2.05, 4.69) is 10.3 Å². The first-order valence-electron chi connectivity index (χ1n) is 5.18. The van der Waals surface area contributed by atoms with Crippen LogP contribution in [0.2, 0.25) is 10.0 Å². The van der Waals surface area contributed by atoms with Gasteiger partial charge in [-0.15, -0.1) is 0 Å². The van der Waals surface area contributed by atoms with Crippen LogP contribution in [0.25, 0.3) is 0 Å². The standard InChI is InChI=1S/C12H10Cl2N2OS/c1-6-11(7(2)17)18-12(15-6)16-9-5-3-4-8(13)10(9)14/h3-5H,1-2H3,(H,15,16). The van der Waals surface area contributed by atoms with Crippen LogP contribution in [-0.2, 0) is 0 Å². The van der Waals surface area contributed by atoms with Crippen molar-refractivity contribution < 1.29 is 4.79 Å². The minimum absolute atomic E-state index is 0.00948. The zero-order chi connectivity index (χ0) is 13.3. The molecule has 1 aromatic carbocycles. The first-order valence-corrected chi connectivity index (χ1v) is 6.75. The van der Waals surface area contributed by atoms with E-state index in [0.29, 0.717) is 31.4 Å². The highest BCUT2D eigenvalue weighted by Gasteiger charge is 2.12. The molecule has 18 heavy (non-hydrogen) atoms. The van der Waals surface area contributed by atoms with E-state index in [1.165, 1.54) is 18.3 Å². The lowest BCUT2D eigenvalue weighted by Gasteiger charge is -2.05. The third-order valence-corrected chi connectivity index (χ3v) is 4.30. The van der Waals surface area contributed by atoms with Crippen molar-refractivity contribution in [1.29, 1.82) is 0 Å². The molecule has 1 N–H and O–H groups in total. The molecule has 6 heteroatoms. The highest BCUT2D eigenvalue weighted by molar-refractivity contribution is 7.17. The van der Waals surface area contributed by atoms with E-state index >= 15 is 0 Å². The number of anilines is 2. The third-order valence-electron chi connectivity index (χ3n) is 2.31. The van der Waals surface area contributed by atoms with Gasteiger partial charge in [0, 0.05) is 6.92 Å². The fourth-order valence-corrected chi connectivity index (χ4v) is 2.71. The van der Waals surface area contributed by atoms with Gasteiger partial charge in [0.1, 0.15) is 0 Å². The van der Waals surface area contributed by atoms with E-state index < -0.39 is 0 Å². The summed E-state index contributed by atoms with van der Waals surface area (Å²) in [4.78, 5) is 16.3. The van der Waals surface area contributed by atoms with Crippen molar-refractivity contribution in [2.24, 2.45) is 0 Å². The monoisotopic (exact) mass is 300 g/mol. The highest BCUT2D eigenvalue weighted by Crippen LogP contribution is 2.33. The van der Waals surface area contributed by atoms with Gasteiger partial charge in [-0.3, -0.25) is 4.79 Å². The average Bonchev–Trinajstić information content (AvgIpc) is 2.66. The summed E-state index contributed by atoms with van der Waals surface area (Å²) in [5.74, 6) is 0.00948. The summed E-state index contributed by atoms with van der Waals surface area (Å²) in [6.07, 6.45) is 0. The Morgan fingerprint density at radius 1 is 1.39 bits per heavy atom. The summed E-state index contributed by atoms with van der Waals surface area (Å²) in [5.41, 5.74) is 1.39. The lowest BCUT2D eigenvalue weighted by Crippen LogP contribution is -1.91. The minimum Gasteiger partial charge on any atom is -0.330 e. The first kappa shape index (κ1) is 13.3. The van der Waals surface area contributed by atoms with Crippen molar-refractivity contribution >= 4 is 51.1 Å². The maximum absolute atomic E-state index is 11.3. The van der Waals surface area contributed by atoms with Crippen LogP contribution < -0.4 is 5.32 Å². The van der Waals surface area contributed by atoms with E-state index in [1.54, 1.807) is 25.1 Å². The lowest BCUT2D eigenvalue weighted by molar-refractivity contribution is 0.102. The fourth-order valence-electron chi connectivity index (χ4n) is 1.49. The Labute approximate surface area is 119 Å². The molecule has 1 heterocycles. The van der Waals surface area contributed by atoms with Gasteiger partial charge < -0.3 is 5.32 Å². The van der Waals surface area contributed by atoms with E-state index in [1.807, 2.05) is 0 Å². The molecule has 0 aliphatic rings. The Hall–Kier alpha value is -1.10. The van der Waals surface area contributed by atoms with Gasteiger partial charge in [0.15, 0.2) is 10.9 Å². The predicted molar refractivity (Wildman–Crippen MR) is 76.6 cm³/mol. The van der Waals surface area contributed by atoms with Crippen molar-refractivity contribution in [3.63, 3.8) is 0 Å². The fraction of sp³-hybridized carbons (Fsp3) is 0.167. The molecule has 2 aromatic rings. The number of thiazole rings is 1. The van der Waals surface area contributed by atoms with Crippen LogP contribution in [0, 0.1) is 6.92 Å². The van der Waals surface area contributed by atoms with Crippen molar-refractivity contribution in [2.75, 3.05) is 5.32 Å². The van der Waals surface area contributed by atoms with Crippen LogP contribution >= 0.6 is 34.5 Å². The quantitative estimate of drug-likeness (QED) is 0.835. The van der Waals surface area contributed by atoms with Gasteiger partial charge in [-0.2, -0.15) is 0 Å². The minimum atomic E-state index is 0.00948. The molecule has 0 amide bonds. The summed E-state index contributed by atoms with van der Waals surface area (Å²) < 4.78 is 0. The van der Waals surface area contributed by atoms with Crippen LogP contribution in [0.4, 0.5) is 10.8 Å². The molecule has 1 aromatic heterocycles. The second kappa shape index (κ2) is 5.26. The molecule has 3 nitrogen and oxygen atoms in total. The number of Topliss-reactive ketones (excluding diaryl/α,β-unsaturated/α-hetero) is 1. The summed E-state index contributed by atoms with van der Waals surface area (Å²) in [6, 6.07) is 5.31. The molecule has 0 atom stereocenters. The molecule has 2 rings (SSSR count). The van der Waals surface area contributed by atoms with Crippen molar-refractivity contribution in [3.05, 3.63) is 38.8 Å². The number of benzene rings is 1. The molecule has 0 aliphatic carbocycles. The summed E-state index contributed by atoms with van der Waals surface area (Å²) in [6.45, 7) is 3.33. The molecule has 0 bridgehead atoms. The van der Waals surface area contributed by atoms with E-state index in [4.69, 9.17) is 23.2 Å². The molecule has 0 spiro atoms. The molecule has 0 saturated heterocycles. The number of ketones is 1. The molecular formula is C12H10Cl2N2OS. The number of rotatable bonds is 3. The summed E-state index contributed by atoms with van der Waals surface area (Å²) in [5, 5.41) is 4.61. The van der Waals surface area contributed by atoms with Gasteiger partial charge in [0.05, 0.1) is 26.3 Å². The number of carbonyl (C=O) groups is 1. The van der Waals surface area contributed by atoms with Gasteiger partial charge in [-0.05, 0) is 19.1 Å². The molecule has 0 fully saturated rings. The van der Waals surface area contributed by atoms with Crippen LogP contribution in [0.1, 0.15) is 22.3 Å². The Morgan fingerprint density at radius 2 is 2.11 bits per heavy atom. The van der Waals surface area contributed by atoms with E-state index in [9.17, 15) is 4.79 Å². The predicted octanol–water partition coefficient (Wildman–Crippen LogP) is 4.70. The first-order chi connectivity index (χ1) is 8.49. The van der Waals surface area contributed by atoms with E-state index in [0.717, 1.165) is 0 Å². The Morgan fingerprint density at radius 3 is 2.72 bits per heavy atom. The van der Waals surface area contributed by atoms with Crippen LogP contribution in [0.15, 0.2) is 18.2 Å². The maximum atomic E-state index is 11.3. The Balaban J connectivity index is 2.32. The van der Waals surface area contributed by atoms with Gasteiger partial charge >= 0.3 is 0 Å². The second-order valence-corrected chi connectivity index (χ2v) is 5.50. The lowest BCUT2D eigenvalue weighted by atomic mass is 10.3. The smallest absolute Gasteiger partial charge is 0.188 e. The Kier molecular flexibility index (Phi) is 3.90. The number of hydrogen-bond donors (Lipinski definition) is 1. The summed E-state index contributed by atoms with van der Waals surface area (Å²) >= 11 is 13.3. The number of hydrogen-bond acceptors (Lipinski definition) is 4. The Bertz CT molecular complexity index is 610. The van der Waals surface area contributed by atoms with Crippen molar-refractivity contribution in [2.45, 2.75) is 13.8 Å². The number of aromatic nitrogens is 1. The number of nitrogens with zero attached hydrogens (tertiary/aromatic N) is 1. The van der Waals surface area contributed by atoms with Crippen LogP contribution in [0.3, 0.4) is 0 Å². The highest BCUT2D eigenvalue weighted by atomic mass is 35.5. The topological polar surface area (TPSA) is 42.0 Å². The van der Waals surface area contributed by atoms with Crippen molar-refractivity contribution in [3.8, 4) is 0 Å². The molecule has 0 saturated carbocycles. The molecule has 0 unspecified atom stereocenters. The van der Waals surface area contributed by atoms with Crippen molar-refractivity contribution in [1.82, 2.24) is 4.98 Å². The van der Waals surface area contributed by atoms with Gasteiger partial charge in [0.2, 0.25) is 0 Å². The van der Waals surface area contributed by atoms with E-state index in [-0.39, 0.29) is 5.78 Å². The number of halogens is 2. The van der Waals surface area contributed by atoms with Crippen LogP contribution in [0.5, 0.6) is 0 Å². The number of aryl methyl sites for hydroxylation is 1. The summed E-state index contributed by atoms with van der Waals surface area (Å²) in [7, 11) is 0. The number of carbonyl (C=O) groups excluding carboxylic acids is 1.